The molecule has 1 aliphatic rings. The number of rotatable bonds is 8. The second-order valence-corrected chi connectivity index (χ2v) is 6.82. The van der Waals surface area contributed by atoms with Gasteiger partial charge in [-0.2, -0.15) is 0 Å². The van der Waals surface area contributed by atoms with Gasteiger partial charge < -0.3 is 20.1 Å². The van der Waals surface area contributed by atoms with Crippen molar-refractivity contribution in [3.8, 4) is 11.5 Å². The van der Waals surface area contributed by atoms with Crippen LogP contribution in [0.3, 0.4) is 0 Å². The number of carbonyl (C=O) groups is 4. The van der Waals surface area contributed by atoms with Crippen molar-refractivity contribution in [2.75, 3.05) is 27.3 Å². The summed E-state index contributed by atoms with van der Waals surface area (Å²) in [5.41, 5.74) is 0.951. The van der Waals surface area contributed by atoms with Gasteiger partial charge in [0.2, 0.25) is 5.91 Å². The van der Waals surface area contributed by atoms with Crippen LogP contribution in [-0.4, -0.2) is 61.9 Å². The van der Waals surface area contributed by atoms with Crippen LogP contribution in [0.15, 0.2) is 42.5 Å². The number of fused-ring (bicyclic) bond motifs is 1. The van der Waals surface area contributed by atoms with Gasteiger partial charge >= 0.3 is 0 Å². The van der Waals surface area contributed by atoms with Crippen LogP contribution in [0.2, 0.25) is 0 Å². The van der Waals surface area contributed by atoms with E-state index in [-0.39, 0.29) is 30.1 Å². The fourth-order valence-corrected chi connectivity index (χ4v) is 3.27. The second kappa shape index (κ2) is 9.29. The standard InChI is InChI=1S/C22H23N3O6/c1-13(25-21(28)15-6-4-5-7-16(15)22(25)29)19(26)23-10-11-24-20(27)14-8-9-17(30-2)18(12-14)31-3/h4-9,12-13H,10-11H2,1-3H3,(H,23,26)(H,24,27). The van der Waals surface area contributed by atoms with Crippen LogP contribution in [0, 0.1) is 0 Å². The highest BCUT2D eigenvalue weighted by molar-refractivity contribution is 6.22. The fourth-order valence-electron chi connectivity index (χ4n) is 3.27. The van der Waals surface area contributed by atoms with E-state index in [0.717, 1.165) is 4.90 Å². The Kier molecular flexibility index (Phi) is 6.54. The van der Waals surface area contributed by atoms with E-state index in [9.17, 15) is 19.2 Å². The molecule has 2 aromatic carbocycles. The number of methoxy groups -OCH3 is 2. The molecule has 0 bridgehead atoms. The van der Waals surface area contributed by atoms with Crippen LogP contribution in [0.25, 0.3) is 0 Å². The average Bonchev–Trinajstić information content (AvgIpc) is 3.05. The maximum atomic E-state index is 12.5. The van der Waals surface area contributed by atoms with E-state index in [1.807, 2.05) is 0 Å². The number of ether oxygens (including phenoxy) is 2. The predicted octanol–water partition coefficient (Wildman–Crippen LogP) is 1.23. The first-order chi connectivity index (χ1) is 14.9. The lowest BCUT2D eigenvalue weighted by atomic mass is 10.1. The summed E-state index contributed by atoms with van der Waals surface area (Å²) in [4.78, 5) is 50.6. The molecule has 0 fully saturated rings. The Balaban J connectivity index is 1.51. The van der Waals surface area contributed by atoms with Crippen molar-refractivity contribution in [2.24, 2.45) is 0 Å². The first-order valence-corrected chi connectivity index (χ1v) is 9.64. The van der Waals surface area contributed by atoms with Gasteiger partial charge in [-0.3, -0.25) is 24.1 Å². The number of carbonyl (C=O) groups excluding carboxylic acids is 4. The topological polar surface area (TPSA) is 114 Å². The highest BCUT2D eigenvalue weighted by Gasteiger charge is 2.40. The van der Waals surface area contributed by atoms with Gasteiger partial charge in [-0.05, 0) is 37.3 Å². The minimum absolute atomic E-state index is 0.130. The third-order valence-corrected chi connectivity index (χ3v) is 4.95. The Morgan fingerprint density at radius 2 is 1.48 bits per heavy atom. The molecule has 2 aromatic rings. The summed E-state index contributed by atoms with van der Waals surface area (Å²) in [6, 6.07) is 10.2. The maximum absolute atomic E-state index is 12.5. The molecule has 0 saturated heterocycles. The summed E-state index contributed by atoms with van der Waals surface area (Å²) >= 11 is 0. The summed E-state index contributed by atoms with van der Waals surface area (Å²) in [6.07, 6.45) is 0. The highest BCUT2D eigenvalue weighted by Crippen LogP contribution is 2.27. The summed E-state index contributed by atoms with van der Waals surface area (Å²) in [6.45, 7) is 1.78. The molecular formula is C22H23N3O6. The molecule has 2 N–H and O–H groups in total. The lowest BCUT2D eigenvalue weighted by Crippen LogP contribution is -2.49. The zero-order valence-electron chi connectivity index (χ0n) is 17.4. The molecule has 0 radical (unpaired) electrons. The van der Waals surface area contributed by atoms with E-state index in [1.54, 1.807) is 42.5 Å². The Bertz CT molecular complexity index is 1000. The second-order valence-electron chi connectivity index (χ2n) is 6.82. The van der Waals surface area contributed by atoms with Crippen LogP contribution < -0.4 is 20.1 Å². The molecular weight excluding hydrogens is 402 g/mol. The molecule has 0 aliphatic carbocycles. The van der Waals surface area contributed by atoms with Gasteiger partial charge in [-0.15, -0.1) is 0 Å². The van der Waals surface area contributed by atoms with E-state index < -0.39 is 23.8 Å². The number of nitrogens with one attached hydrogen (secondary N) is 2. The van der Waals surface area contributed by atoms with E-state index in [1.165, 1.54) is 21.1 Å². The van der Waals surface area contributed by atoms with Gasteiger partial charge in [-0.1, -0.05) is 12.1 Å². The largest absolute Gasteiger partial charge is 0.493 e. The third-order valence-electron chi connectivity index (χ3n) is 4.95. The van der Waals surface area contributed by atoms with Gasteiger partial charge in [0, 0.05) is 18.7 Å². The predicted molar refractivity (Wildman–Crippen MR) is 111 cm³/mol. The zero-order valence-corrected chi connectivity index (χ0v) is 17.4. The molecule has 0 saturated carbocycles. The highest BCUT2D eigenvalue weighted by atomic mass is 16.5. The molecule has 1 aliphatic heterocycles. The molecule has 31 heavy (non-hydrogen) atoms. The summed E-state index contributed by atoms with van der Waals surface area (Å²) < 4.78 is 10.3. The molecule has 162 valence electrons. The van der Waals surface area contributed by atoms with Crippen LogP contribution in [-0.2, 0) is 4.79 Å². The van der Waals surface area contributed by atoms with Crippen LogP contribution in [0.5, 0.6) is 11.5 Å². The van der Waals surface area contributed by atoms with Crippen LogP contribution in [0.4, 0.5) is 0 Å². The first-order valence-electron chi connectivity index (χ1n) is 9.64. The molecule has 4 amide bonds. The lowest BCUT2D eigenvalue weighted by molar-refractivity contribution is -0.124. The monoisotopic (exact) mass is 425 g/mol. The van der Waals surface area contributed by atoms with E-state index >= 15 is 0 Å². The summed E-state index contributed by atoms with van der Waals surface area (Å²) in [5.74, 6) is -0.889. The van der Waals surface area contributed by atoms with Gasteiger partial charge in [-0.25, -0.2) is 0 Å². The van der Waals surface area contributed by atoms with Crippen molar-refractivity contribution in [3.63, 3.8) is 0 Å². The van der Waals surface area contributed by atoms with E-state index in [2.05, 4.69) is 10.6 Å². The minimum atomic E-state index is -0.978. The first kappa shape index (κ1) is 21.8. The third kappa shape index (κ3) is 4.35. The smallest absolute Gasteiger partial charge is 0.262 e. The number of nitrogens with zero attached hydrogens (tertiary/aromatic N) is 1. The van der Waals surface area contributed by atoms with Crippen molar-refractivity contribution < 1.29 is 28.7 Å². The molecule has 0 spiro atoms. The van der Waals surface area contributed by atoms with Gasteiger partial charge in [0.15, 0.2) is 11.5 Å². The summed E-state index contributed by atoms with van der Waals surface area (Å²) in [5, 5.41) is 5.32. The van der Waals surface area contributed by atoms with Gasteiger partial charge in [0.1, 0.15) is 6.04 Å². The van der Waals surface area contributed by atoms with Crippen molar-refractivity contribution >= 4 is 23.6 Å². The molecule has 9 nitrogen and oxygen atoms in total. The molecule has 3 rings (SSSR count). The van der Waals surface area contributed by atoms with Crippen molar-refractivity contribution in [2.45, 2.75) is 13.0 Å². The number of imide groups is 1. The molecule has 1 heterocycles. The molecule has 1 atom stereocenters. The van der Waals surface area contributed by atoms with Gasteiger partial charge in [0.05, 0.1) is 25.3 Å². The Morgan fingerprint density at radius 1 is 0.903 bits per heavy atom. The van der Waals surface area contributed by atoms with Crippen molar-refractivity contribution in [1.29, 1.82) is 0 Å². The van der Waals surface area contributed by atoms with Gasteiger partial charge in [0.25, 0.3) is 17.7 Å². The fraction of sp³-hybridized carbons (Fsp3) is 0.273. The lowest BCUT2D eigenvalue weighted by Gasteiger charge is -2.21. The minimum Gasteiger partial charge on any atom is -0.493 e. The molecule has 0 aromatic heterocycles. The van der Waals surface area contributed by atoms with Crippen molar-refractivity contribution in [1.82, 2.24) is 15.5 Å². The Labute approximate surface area is 179 Å². The van der Waals surface area contributed by atoms with Crippen molar-refractivity contribution in [3.05, 3.63) is 59.2 Å². The Morgan fingerprint density at radius 3 is 2.06 bits per heavy atom. The number of benzene rings is 2. The maximum Gasteiger partial charge on any atom is 0.262 e. The average molecular weight is 425 g/mol. The quantitative estimate of drug-likeness (QED) is 0.486. The number of hydrogen-bond acceptors (Lipinski definition) is 6. The molecule has 1 unspecified atom stereocenters. The van der Waals surface area contributed by atoms with E-state index in [4.69, 9.17) is 9.47 Å². The summed E-state index contributed by atoms with van der Waals surface area (Å²) in [7, 11) is 2.98. The number of amides is 4. The zero-order chi connectivity index (χ0) is 22.5. The molecule has 9 heteroatoms. The van der Waals surface area contributed by atoms with Crippen LogP contribution in [0.1, 0.15) is 38.0 Å². The van der Waals surface area contributed by atoms with Crippen LogP contribution >= 0.6 is 0 Å². The SMILES string of the molecule is COc1ccc(C(=O)NCCNC(=O)C(C)N2C(=O)c3ccccc3C2=O)cc1OC. The normalized spacial score (nSPS) is 13.5. The van der Waals surface area contributed by atoms with E-state index in [0.29, 0.717) is 17.1 Å². The number of hydrogen-bond donors (Lipinski definition) is 2. The Hall–Kier alpha value is -3.88.